The van der Waals surface area contributed by atoms with Gasteiger partial charge >= 0.3 is 0 Å². The van der Waals surface area contributed by atoms with E-state index in [1.807, 2.05) is 18.2 Å². The topological polar surface area (TPSA) is 128 Å². The number of anilines is 2. The van der Waals surface area contributed by atoms with E-state index in [1.54, 1.807) is 12.1 Å². The molecule has 3 heterocycles. The van der Waals surface area contributed by atoms with Crippen LogP contribution >= 0.6 is 0 Å². The molecule has 5 amide bonds. The fourth-order valence-corrected chi connectivity index (χ4v) is 9.53. The Labute approximate surface area is 276 Å². The lowest BCUT2D eigenvalue weighted by molar-refractivity contribution is -0.136. The summed E-state index contributed by atoms with van der Waals surface area (Å²) in [5.41, 5.74) is 3.84. The number of nitrogens with zero attached hydrogens (tertiary/aromatic N) is 2. The molecule has 0 aromatic heterocycles. The third kappa shape index (κ3) is 5.59. The molecule has 1 atom stereocenters. The Morgan fingerprint density at radius 1 is 0.894 bits per heavy atom. The molecule has 2 aliphatic carbocycles. The summed E-state index contributed by atoms with van der Waals surface area (Å²) in [6.45, 7) is 11.7. The normalized spacial score (nSPS) is 24.8. The van der Waals surface area contributed by atoms with Crippen molar-refractivity contribution in [1.82, 2.24) is 15.5 Å². The number of piperidine rings is 2. The SMILES string of the molecule is CC1(C)CC(C)(C)C1NC(=O)c1ccc(N2CCC3(CC2)CC(CNc2ccc4c(c2)C(=O)N(C2CCC(=O)NC2=O)C4=O)C3)cc1. The third-order valence-electron chi connectivity index (χ3n) is 11.5. The highest BCUT2D eigenvalue weighted by molar-refractivity contribution is 6.23. The van der Waals surface area contributed by atoms with Gasteiger partial charge in [-0.25, -0.2) is 0 Å². The first-order valence-corrected chi connectivity index (χ1v) is 17.0. The van der Waals surface area contributed by atoms with Gasteiger partial charge in [-0.1, -0.05) is 27.7 Å². The smallest absolute Gasteiger partial charge is 0.262 e. The van der Waals surface area contributed by atoms with Crippen molar-refractivity contribution < 1.29 is 24.0 Å². The van der Waals surface area contributed by atoms with Gasteiger partial charge in [-0.2, -0.15) is 0 Å². The average molecular weight is 640 g/mol. The van der Waals surface area contributed by atoms with Crippen LogP contribution in [-0.4, -0.2) is 66.2 Å². The van der Waals surface area contributed by atoms with Crippen LogP contribution in [0, 0.1) is 22.2 Å². The Bertz CT molecular complexity index is 1630. The summed E-state index contributed by atoms with van der Waals surface area (Å²) in [5, 5.41) is 8.99. The van der Waals surface area contributed by atoms with E-state index in [-0.39, 0.29) is 41.5 Å². The van der Waals surface area contributed by atoms with Gasteiger partial charge in [0.15, 0.2) is 0 Å². The van der Waals surface area contributed by atoms with Crippen LogP contribution in [0.25, 0.3) is 0 Å². The molecule has 0 radical (unpaired) electrons. The van der Waals surface area contributed by atoms with Crippen molar-refractivity contribution >= 4 is 40.9 Å². The molecule has 4 fully saturated rings. The number of rotatable bonds is 7. The highest BCUT2D eigenvalue weighted by atomic mass is 16.2. The molecule has 2 aromatic carbocycles. The van der Waals surface area contributed by atoms with E-state index in [4.69, 9.17) is 0 Å². The number of nitrogens with one attached hydrogen (secondary N) is 3. The van der Waals surface area contributed by atoms with Gasteiger partial charge in [0, 0.05) is 49.0 Å². The minimum absolute atomic E-state index is 0.00305. The Morgan fingerprint density at radius 3 is 2.19 bits per heavy atom. The van der Waals surface area contributed by atoms with Gasteiger partial charge in [0.05, 0.1) is 11.1 Å². The van der Waals surface area contributed by atoms with Crippen LogP contribution in [0.1, 0.15) is 104 Å². The van der Waals surface area contributed by atoms with Crippen LogP contribution in [0.15, 0.2) is 42.5 Å². The van der Waals surface area contributed by atoms with Gasteiger partial charge in [0.25, 0.3) is 17.7 Å². The number of hydrogen-bond acceptors (Lipinski definition) is 7. The van der Waals surface area contributed by atoms with Gasteiger partial charge in [0.1, 0.15) is 6.04 Å². The van der Waals surface area contributed by atoms with Crippen LogP contribution in [0.4, 0.5) is 11.4 Å². The second-order valence-corrected chi connectivity index (χ2v) is 16.0. The molecule has 2 saturated carbocycles. The first-order chi connectivity index (χ1) is 22.3. The second kappa shape index (κ2) is 11.2. The van der Waals surface area contributed by atoms with Crippen molar-refractivity contribution in [1.29, 1.82) is 0 Å². The van der Waals surface area contributed by atoms with Gasteiger partial charge in [-0.05, 0) is 103 Å². The first kappa shape index (κ1) is 31.4. The molecule has 10 nitrogen and oxygen atoms in total. The van der Waals surface area contributed by atoms with E-state index < -0.39 is 23.8 Å². The molecule has 248 valence electrons. The molecule has 1 unspecified atom stereocenters. The van der Waals surface area contributed by atoms with E-state index >= 15 is 0 Å². The molecular weight excluding hydrogens is 594 g/mol. The molecule has 5 aliphatic rings. The van der Waals surface area contributed by atoms with Gasteiger partial charge < -0.3 is 15.5 Å². The van der Waals surface area contributed by atoms with Gasteiger partial charge in [0.2, 0.25) is 11.8 Å². The van der Waals surface area contributed by atoms with Crippen molar-refractivity contribution in [3.05, 3.63) is 59.2 Å². The molecule has 10 heteroatoms. The van der Waals surface area contributed by atoms with Crippen molar-refractivity contribution in [3.8, 4) is 0 Å². The lowest BCUT2D eigenvalue weighted by Gasteiger charge is -2.57. The minimum Gasteiger partial charge on any atom is -0.385 e. The van der Waals surface area contributed by atoms with Crippen LogP contribution in [-0.2, 0) is 9.59 Å². The predicted octanol–water partition coefficient (Wildman–Crippen LogP) is 4.75. The molecule has 7 rings (SSSR count). The van der Waals surface area contributed by atoms with Gasteiger partial charge in [-0.15, -0.1) is 0 Å². The number of benzene rings is 2. The summed E-state index contributed by atoms with van der Waals surface area (Å²) in [6, 6.07) is 12.4. The first-order valence-electron chi connectivity index (χ1n) is 17.0. The quantitative estimate of drug-likeness (QED) is 0.373. The number of hydrogen-bond donors (Lipinski definition) is 3. The summed E-state index contributed by atoms with van der Waals surface area (Å²) in [4.78, 5) is 66.4. The van der Waals surface area contributed by atoms with Crippen molar-refractivity contribution in [2.45, 2.75) is 84.7 Å². The Kier molecular flexibility index (Phi) is 7.48. The maximum atomic E-state index is 13.2. The predicted molar refractivity (Wildman–Crippen MR) is 178 cm³/mol. The van der Waals surface area contributed by atoms with Crippen molar-refractivity contribution in [2.75, 3.05) is 29.9 Å². The zero-order valence-electron chi connectivity index (χ0n) is 27.8. The number of fused-ring (bicyclic) bond motifs is 1. The highest BCUT2D eigenvalue weighted by Crippen LogP contribution is 2.54. The molecule has 47 heavy (non-hydrogen) atoms. The number of carbonyl (C=O) groups is 5. The van der Waals surface area contributed by atoms with Crippen molar-refractivity contribution in [2.24, 2.45) is 22.2 Å². The van der Waals surface area contributed by atoms with Crippen LogP contribution in [0.3, 0.4) is 0 Å². The Hall–Kier alpha value is -4.21. The van der Waals surface area contributed by atoms with Gasteiger partial charge in [-0.3, -0.25) is 34.2 Å². The summed E-state index contributed by atoms with van der Waals surface area (Å²) >= 11 is 0. The van der Waals surface area contributed by atoms with Crippen LogP contribution in [0.5, 0.6) is 0 Å². The molecule has 0 bridgehead atoms. The van der Waals surface area contributed by atoms with Crippen molar-refractivity contribution in [3.63, 3.8) is 0 Å². The molecule has 3 N–H and O–H groups in total. The van der Waals surface area contributed by atoms with Crippen LogP contribution in [0.2, 0.25) is 0 Å². The van der Waals surface area contributed by atoms with E-state index in [9.17, 15) is 24.0 Å². The van der Waals surface area contributed by atoms with Crippen LogP contribution < -0.4 is 20.9 Å². The summed E-state index contributed by atoms with van der Waals surface area (Å²) in [6.07, 6.45) is 5.95. The van der Waals surface area contributed by atoms with E-state index in [1.165, 1.54) is 5.69 Å². The fourth-order valence-electron chi connectivity index (χ4n) is 9.53. The minimum atomic E-state index is -0.961. The van der Waals surface area contributed by atoms with E-state index in [0.29, 0.717) is 28.0 Å². The zero-order chi connectivity index (χ0) is 33.3. The average Bonchev–Trinajstić information content (AvgIpc) is 3.26. The Morgan fingerprint density at radius 2 is 1.55 bits per heavy atom. The standard InChI is InChI=1S/C37H45N5O5/c1-35(2)21-36(3,4)34(35)40-30(44)23-5-8-25(9-6-23)41-15-13-37(14-16-41)18-22(19-37)20-38-24-7-10-26-27(17-24)33(47)42(32(26)46)28-11-12-29(43)39-31(28)45/h5-10,17,22,28,34,38H,11-16,18-21H2,1-4H3,(H,40,44)(H,39,43,45). The molecular formula is C37H45N5O5. The molecule has 2 saturated heterocycles. The lowest BCUT2D eigenvalue weighted by Crippen LogP contribution is -2.63. The number of carbonyl (C=O) groups excluding carboxylic acids is 5. The number of imide groups is 2. The summed E-state index contributed by atoms with van der Waals surface area (Å²) < 4.78 is 0. The summed E-state index contributed by atoms with van der Waals surface area (Å²) in [5.74, 6) is -1.43. The lowest BCUT2D eigenvalue weighted by atomic mass is 9.52. The van der Waals surface area contributed by atoms with E-state index in [0.717, 1.165) is 62.3 Å². The monoisotopic (exact) mass is 639 g/mol. The second-order valence-electron chi connectivity index (χ2n) is 16.0. The third-order valence-corrected chi connectivity index (χ3v) is 11.5. The maximum Gasteiger partial charge on any atom is 0.262 e. The largest absolute Gasteiger partial charge is 0.385 e. The zero-order valence-corrected chi connectivity index (χ0v) is 27.8. The number of amides is 5. The highest BCUT2D eigenvalue weighted by Gasteiger charge is 2.53. The fraction of sp³-hybridized carbons (Fsp3) is 0.541. The molecule has 2 aromatic rings. The molecule has 1 spiro atoms. The Balaban J connectivity index is 0.879. The van der Waals surface area contributed by atoms with E-state index in [2.05, 4.69) is 60.7 Å². The summed E-state index contributed by atoms with van der Waals surface area (Å²) in [7, 11) is 0. The maximum absolute atomic E-state index is 13.2. The molecule has 3 aliphatic heterocycles.